The topological polar surface area (TPSA) is 72.8 Å². The van der Waals surface area contributed by atoms with Crippen LogP contribution in [0.4, 0.5) is 5.69 Å². The maximum absolute atomic E-state index is 11.2. The van der Waals surface area contributed by atoms with Gasteiger partial charge < -0.3 is 24.1 Å². The lowest BCUT2D eigenvalue weighted by Crippen LogP contribution is -2.19. The number of fused-ring (bicyclic) bond motifs is 1. The molecule has 0 saturated heterocycles. The number of benzene rings is 4. The Kier molecular flexibility index (Phi) is 6.29. The summed E-state index contributed by atoms with van der Waals surface area (Å²) in [5, 5.41) is 19.9. The first-order chi connectivity index (χ1) is 17.6. The van der Waals surface area contributed by atoms with Crippen LogP contribution in [-0.4, -0.2) is 39.3 Å². The van der Waals surface area contributed by atoms with Crippen LogP contribution in [0.2, 0.25) is 0 Å². The molecule has 1 aliphatic rings. The summed E-state index contributed by atoms with van der Waals surface area (Å²) in [4.78, 5) is 0. The molecular formula is C29H28N2O5. The minimum atomic E-state index is -0.214. The van der Waals surface area contributed by atoms with Crippen LogP contribution in [0.25, 0.3) is 10.8 Å². The first-order valence-electron chi connectivity index (χ1n) is 11.6. The molecule has 0 bridgehead atoms. The van der Waals surface area contributed by atoms with Gasteiger partial charge in [0.25, 0.3) is 0 Å². The van der Waals surface area contributed by atoms with Gasteiger partial charge >= 0.3 is 0 Å². The van der Waals surface area contributed by atoms with Crippen LogP contribution < -0.4 is 24.0 Å². The molecule has 184 valence electrons. The highest BCUT2D eigenvalue weighted by atomic mass is 16.5. The standard InChI is InChI=1S/C29H28N2O5/c1-33-20-12-10-19(11-13-20)31-25(23-15-27(35-3)28(36-4)17-26(23)34-2)16-24(30-31)22-14-9-18-7-5-6-8-21(18)29(22)32/h5-15,17,25,32H,16H2,1-4H3. The summed E-state index contributed by atoms with van der Waals surface area (Å²) < 4.78 is 22.2. The molecule has 4 aromatic carbocycles. The summed E-state index contributed by atoms with van der Waals surface area (Å²) >= 11 is 0. The third-order valence-corrected chi connectivity index (χ3v) is 6.55. The van der Waals surface area contributed by atoms with Crippen molar-refractivity contribution in [2.45, 2.75) is 12.5 Å². The van der Waals surface area contributed by atoms with Gasteiger partial charge in [-0.05, 0) is 41.8 Å². The summed E-state index contributed by atoms with van der Waals surface area (Å²) in [6, 6.07) is 23.0. The van der Waals surface area contributed by atoms with E-state index in [0.29, 0.717) is 29.2 Å². The van der Waals surface area contributed by atoms with E-state index >= 15 is 0 Å². The Labute approximate surface area is 210 Å². The van der Waals surface area contributed by atoms with Crippen LogP contribution in [0, 0.1) is 0 Å². The van der Waals surface area contributed by atoms with Crippen LogP contribution in [0.3, 0.4) is 0 Å². The number of phenolic OH excluding ortho intramolecular Hbond substituents is 1. The molecule has 4 aromatic rings. The van der Waals surface area contributed by atoms with Crippen LogP contribution in [0.1, 0.15) is 23.6 Å². The highest BCUT2D eigenvalue weighted by Gasteiger charge is 2.34. The number of hydrazone groups is 1. The lowest BCUT2D eigenvalue weighted by molar-refractivity contribution is 0.346. The van der Waals surface area contributed by atoms with Crippen LogP contribution >= 0.6 is 0 Å². The Morgan fingerprint density at radius 1 is 0.778 bits per heavy atom. The summed E-state index contributed by atoms with van der Waals surface area (Å²) in [6.07, 6.45) is 0.545. The highest BCUT2D eigenvalue weighted by molar-refractivity contribution is 6.09. The summed E-state index contributed by atoms with van der Waals surface area (Å²) in [7, 11) is 6.48. The van der Waals surface area contributed by atoms with Gasteiger partial charge in [0, 0.05) is 29.0 Å². The van der Waals surface area contributed by atoms with Gasteiger partial charge in [0.15, 0.2) is 11.5 Å². The summed E-state index contributed by atoms with van der Waals surface area (Å²) in [5.41, 5.74) is 3.25. The predicted molar refractivity (Wildman–Crippen MR) is 141 cm³/mol. The van der Waals surface area contributed by atoms with Crippen molar-refractivity contribution in [2.75, 3.05) is 33.4 Å². The second kappa shape index (κ2) is 9.70. The molecule has 1 unspecified atom stereocenters. The Balaban J connectivity index is 1.65. The van der Waals surface area contributed by atoms with Gasteiger partial charge in [0.2, 0.25) is 0 Å². The molecular weight excluding hydrogens is 456 g/mol. The van der Waals surface area contributed by atoms with Crippen molar-refractivity contribution in [2.24, 2.45) is 5.10 Å². The molecule has 0 aliphatic carbocycles. The number of rotatable bonds is 7. The Bertz CT molecular complexity index is 1430. The average Bonchev–Trinajstić information content (AvgIpc) is 3.37. The van der Waals surface area contributed by atoms with Crippen molar-refractivity contribution in [3.63, 3.8) is 0 Å². The van der Waals surface area contributed by atoms with Crippen molar-refractivity contribution >= 4 is 22.2 Å². The number of phenols is 1. The van der Waals surface area contributed by atoms with Crippen LogP contribution in [0.15, 0.2) is 77.9 Å². The number of ether oxygens (including phenoxy) is 4. The summed E-state index contributed by atoms with van der Waals surface area (Å²) in [5.74, 6) is 2.83. The highest BCUT2D eigenvalue weighted by Crippen LogP contribution is 2.45. The molecule has 1 atom stereocenters. The van der Waals surface area contributed by atoms with Gasteiger partial charge in [-0.15, -0.1) is 0 Å². The van der Waals surface area contributed by atoms with Crippen molar-refractivity contribution in [3.8, 4) is 28.7 Å². The van der Waals surface area contributed by atoms with Gasteiger partial charge in [0.05, 0.1) is 45.9 Å². The van der Waals surface area contributed by atoms with E-state index in [0.717, 1.165) is 33.5 Å². The number of aromatic hydroxyl groups is 1. The fraction of sp³-hybridized carbons (Fsp3) is 0.207. The molecule has 5 rings (SSSR count). The second-order valence-corrected chi connectivity index (χ2v) is 8.44. The molecule has 7 nitrogen and oxygen atoms in total. The number of hydrogen-bond donors (Lipinski definition) is 1. The van der Waals surface area contributed by atoms with E-state index in [9.17, 15) is 5.11 Å². The maximum Gasteiger partial charge on any atom is 0.164 e. The van der Waals surface area contributed by atoms with Crippen molar-refractivity contribution in [1.82, 2.24) is 0 Å². The molecule has 36 heavy (non-hydrogen) atoms. The molecule has 7 heteroatoms. The van der Waals surface area contributed by atoms with Crippen LogP contribution in [0.5, 0.6) is 28.7 Å². The van der Waals surface area contributed by atoms with Gasteiger partial charge in [-0.25, -0.2) is 0 Å². The smallest absolute Gasteiger partial charge is 0.164 e. The van der Waals surface area contributed by atoms with E-state index in [-0.39, 0.29) is 11.8 Å². The van der Waals surface area contributed by atoms with E-state index in [2.05, 4.69) is 0 Å². The maximum atomic E-state index is 11.2. The zero-order chi connectivity index (χ0) is 25.2. The molecule has 0 saturated carbocycles. The first kappa shape index (κ1) is 23.4. The monoisotopic (exact) mass is 484 g/mol. The third kappa shape index (κ3) is 4.02. The molecule has 1 heterocycles. The normalized spacial score (nSPS) is 15.1. The summed E-state index contributed by atoms with van der Waals surface area (Å²) in [6.45, 7) is 0. The minimum absolute atomic E-state index is 0.214. The van der Waals surface area contributed by atoms with E-state index in [1.165, 1.54) is 0 Å². The number of hydrogen-bond acceptors (Lipinski definition) is 7. The van der Waals surface area contributed by atoms with Crippen molar-refractivity contribution in [3.05, 3.63) is 83.9 Å². The lowest BCUT2D eigenvalue weighted by atomic mass is 9.95. The molecule has 0 spiro atoms. The van der Waals surface area contributed by atoms with Gasteiger partial charge in [0.1, 0.15) is 17.2 Å². The Morgan fingerprint density at radius 3 is 2.17 bits per heavy atom. The van der Waals surface area contributed by atoms with Crippen molar-refractivity contribution < 1.29 is 24.1 Å². The van der Waals surface area contributed by atoms with E-state index in [1.807, 2.05) is 77.8 Å². The van der Waals surface area contributed by atoms with Gasteiger partial charge in [-0.1, -0.05) is 30.3 Å². The van der Waals surface area contributed by atoms with Crippen molar-refractivity contribution in [1.29, 1.82) is 0 Å². The molecule has 0 fully saturated rings. The quantitative estimate of drug-likeness (QED) is 0.350. The third-order valence-electron chi connectivity index (χ3n) is 6.55. The average molecular weight is 485 g/mol. The second-order valence-electron chi connectivity index (χ2n) is 8.44. The van der Waals surface area contributed by atoms with Crippen LogP contribution in [-0.2, 0) is 0 Å². The number of anilines is 1. The fourth-order valence-corrected chi connectivity index (χ4v) is 4.69. The Morgan fingerprint density at radius 2 is 1.47 bits per heavy atom. The fourth-order valence-electron chi connectivity index (χ4n) is 4.69. The van der Waals surface area contributed by atoms with E-state index in [4.69, 9.17) is 24.0 Å². The number of nitrogens with zero attached hydrogens (tertiary/aromatic N) is 2. The van der Waals surface area contributed by atoms with Gasteiger partial charge in [-0.3, -0.25) is 5.01 Å². The Hall–Kier alpha value is -4.39. The SMILES string of the molecule is COc1ccc(N2N=C(c3ccc4ccccc4c3O)CC2c2cc(OC)c(OC)cc2OC)cc1. The van der Waals surface area contributed by atoms with E-state index < -0.39 is 0 Å². The predicted octanol–water partition coefficient (Wildman–Crippen LogP) is 5.94. The molecule has 0 amide bonds. The molecule has 0 radical (unpaired) electrons. The zero-order valence-corrected chi connectivity index (χ0v) is 20.7. The number of methoxy groups -OCH3 is 4. The zero-order valence-electron chi connectivity index (χ0n) is 20.7. The molecule has 1 N–H and O–H groups in total. The van der Waals surface area contributed by atoms with E-state index in [1.54, 1.807) is 28.4 Å². The first-order valence-corrected chi connectivity index (χ1v) is 11.6. The molecule has 1 aliphatic heterocycles. The van der Waals surface area contributed by atoms with Gasteiger partial charge in [-0.2, -0.15) is 5.10 Å². The largest absolute Gasteiger partial charge is 0.507 e. The minimum Gasteiger partial charge on any atom is -0.507 e. The lowest BCUT2D eigenvalue weighted by Gasteiger charge is -2.26. The molecule has 0 aromatic heterocycles.